The molecule has 1 N–H and O–H groups in total. The number of aromatic nitrogens is 3. The van der Waals surface area contributed by atoms with Crippen LogP contribution in [0.5, 0.6) is 0 Å². The molecular weight excluding hydrogens is 321 g/mol. The lowest BCUT2D eigenvalue weighted by Gasteiger charge is -2.13. The molecule has 5 nitrogen and oxygen atoms in total. The largest absolute Gasteiger partial charge is 0.434 e. The molecule has 0 aromatic carbocycles. The van der Waals surface area contributed by atoms with E-state index in [9.17, 15) is 18.0 Å². The van der Waals surface area contributed by atoms with E-state index >= 15 is 0 Å². The third kappa shape index (κ3) is 3.32. The van der Waals surface area contributed by atoms with Gasteiger partial charge in [0.25, 0.3) is 5.91 Å². The van der Waals surface area contributed by atoms with Crippen molar-refractivity contribution in [3.05, 3.63) is 65.9 Å². The van der Waals surface area contributed by atoms with E-state index in [4.69, 9.17) is 0 Å². The first-order valence-corrected chi connectivity index (χ1v) is 6.94. The summed E-state index contributed by atoms with van der Waals surface area (Å²) in [4.78, 5) is 23.5. The molecule has 0 radical (unpaired) electrons. The first-order valence-electron chi connectivity index (χ1n) is 6.94. The van der Waals surface area contributed by atoms with Crippen molar-refractivity contribution in [1.29, 1.82) is 0 Å². The molecule has 0 fully saturated rings. The Labute approximate surface area is 134 Å². The number of nitrogens with zero attached hydrogens (tertiary/aromatic N) is 3. The SMILES string of the molecule is O=C(NCc1cccnc1)c1cc2cnccc2nc1C(F)(F)F. The zero-order chi connectivity index (χ0) is 17.2. The molecule has 3 rings (SSSR count). The fourth-order valence-electron chi connectivity index (χ4n) is 2.19. The molecule has 122 valence electrons. The highest BCUT2D eigenvalue weighted by Crippen LogP contribution is 2.32. The van der Waals surface area contributed by atoms with Crippen molar-refractivity contribution in [2.24, 2.45) is 0 Å². The molecule has 0 aliphatic rings. The molecule has 8 heteroatoms. The minimum atomic E-state index is -4.74. The average molecular weight is 332 g/mol. The number of amides is 1. The number of carbonyl (C=O) groups excluding carboxylic acids is 1. The van der Waals surface area contributed by atoms with Crippen LogP contribution in [0.2, 0.25) is 0 Å². The van der Waals surface area contributed by atoms with Crippen LogP contribution in [0.1, 0.15) is 21.6 Å². The maximum absolute atomic E-state index is 13.2. The molecular formula is C16H11F3N4O. The quantitative estimate of drug-likeness (QED) is 0.801. The van der Waals surface area contributed by atoms with Gasteiger partial charge in [0, 0.05) is 36.7 Å². The summed E-state index contributed by atoms with van der Waals surface area (Å²) >= 11 is 0. The van der Waals surface area contributed by atoms with Gasteiger partial charge in [-0.05, 0) is 23.8 Å². The van der Waals surface area contributed by atoms with Gasteiger partial charge in [0.2, 0.25) is 0 Å². The fourth-order valence-corrected chi connectivity index (χ4v) is 2.19. The zero-order valence-electron chi connectivity index (χ0n) is 12.2. The summed E-state index contributed by atoms with van der Waals surface area (Å²) in [6.45, 7) is 0.0645. The second-order valence-corrected chi connectivity index (χ2v) is 4.99. The van der Waals surface area contributed by atoms with Crippen LogP contribution in [-0.2, 0) is 12.7 Å². The summed E-state index contributed by atoms with van der Waals surface area (Å²) in [5.41, 5.74) is -0.951. The third-order valence-electron chi connectivity index (χ3n) is 3.30. The molecule has 3 heterocycles. The number of rotatable bonds is 3. The molecule has 0 atom stereocenters. The van der Waals surface area contributed by atoms with Gasteiger partial charge >= 0.3 is 6.18 Å². The van der Waals surface area contributed by atoms with Crippen molar-refractivity contribution in [3.8, 4) is 0 Å². The van der Waals surface area contributed by atoms with Gasteiger partial charge in [-0.3, -0.25) is 14.8 Å². The summed E-state index contributed by atoms with van der Waals surface area (Å²) in [5.74, 6) is -0.857. The van der Waals surface area contributed by atoms with Crippen molar-refractivity contribution in [2.75, 3.05) is 0 Å². The van der Waals surface area contributed by atoms with E-state index < -0.39 is 23.3 Å². The van der Waals surface area contributed by atoms with E-state index in [1.807, 2.05) is 0 Å². The van der Waals surface area contributed by atoms with E-state index in [0.717, 1.165) is 6.07 Å². The van der Waals surface area contributed by atoms with Gasteiger partial charge in [0.15, 0.2) is 5.69 Å². The molecule has 0 aliphatic heterocycles. The highest BCUT2D eigenvalue weighted by Gasteiger charge is 2.37. The Morgan fingerprint density at radius 1 is 1.12 bits per heavy atom. The highest BCUT2D eigenvalue weighted by molar-refractivity contribution is 5.98. The van der Waals surface area contributed by atoms with Crippen LogP contribution in [0.3, 0.4) is 0 Å². The van der Waals surface area contributed by atoms with E-state index in [2.05, 4.69) is 20.3 Å². The molecule has 0 spiro atoms. The van der Waals surface area contributed by atoms with Crippen LogP contribution in [0.25, 0.3) is 10.9 Å². The van der Waals surface area contributed by atoms with Gasteiger partial charge in [0.1, 0.15) is 0 Å². The zero-order valence-corrected chi connectivity index (χ0v) is 12.2. The molecule has 0 unspecified atom stereocenters. The van der Waals surface area contributed by atoms with Crippen LogP contribution >= 0.6 is 0 Å². The Kier molecular flexibility index (Phi) is 4.11. The van der Waals surface area contributed by atoms with Gasteiger partial charge in [0.05, 0.1) is 11.1 Å². The van der Waals surface area contributed by atoms with Gasteiger partial charge in [-0.2, -0.15) is 13.2 Å². The number of fused-ring (bicyclic) bond motifs is 1. The first-order chi connectivity index (χ1) is 11.4. The van der Waals surface area contributed by atoms with Crippen LogP contribution in [0, 0.1) is 0 Å². The maximum atomic E-state index is 13.2. The monoisotopic (exact) mass is 332 g/mol. The van der Waals surface area contributed by atoms with Crippen molar-refractivity contribution in [2.45, 2.75) is 12.7 Å². The highest BCUT2D eigenvalue weighted by atomic mass is 19.4. The summed E-state index contributed by atoms with van der Waals surface area (Å²) in [7, 11) is 0. The van der Waals surface area contributed by atoms with E-state index in [1.165, 1.54) is 24.7 Å². The minimum absolute atomic E-state index is 0.0645. The number of hydrogen-bond donors (Lipinski definition) is 1. The van der Waals surface area contributed by atoms with Crippen LogP contribution < -0.4 is 5.32 Å². The Bertz CT molecular complexity index is 881. The molecule has 0 bridgehead atoms. The Morgan fingerprint density at radius 3 is 2.62 bits per heavy atom. The molecule has 1 amide bonds. The molecule has 3 aromatic heterocycles. The predicted molar refractivity (Wildman–Crippen MR) is 79.9 cm³/mol. The van der Waals surface area contributed by atoms with Gasteiger partial charge in [-0.1, -0.05) is 6.07 Å². The number of halogens is 3. The van der Waals surface area contributed by atoms with Crippen molar-refractivity contribution >= 4 is 16.8 Å². The van der Waals surface area contributed by atoms with E-state index in [-0.39, 0.29) is 12.1 Å². The van der Waals surface area contributed by atoms with E-state index in [0.29, 0.717) is 10.9 Å². The number of pyridine rings is 3. The van der Waals surface area contributed by atoms with Gasteiger partial charge in [-0.15, -0.1) is 0 Å². The normalized spacial score (nSPS) is 11.5. The summed E-state index contributed by atoms with van der Waals surface area (Å²) in [6.07, 6.45) is 1.05. The summed E-state index contributed by atoms with van der Waals surface area (Å²) < 4.78 is 39.7. The molecule has 0 saturated carbocycles. The molecule has 24 heavy (non-hydrogen) atoms. The fraction of sp³-hybridized carbons (Fsp3) is 0.125. The maximum Gasteiger partial charge on any atom is 0.434 e. The Balaban J connectivity index is 1.95. The van der Waals surface area contributed by atoms with Crippen molar-refractivity contribution < 1.29 is 18.0 Å². The number of hydrogen-bond acceptors (Lipinski definition) is 4. The predicted octanol–water partition coefficient (Wildman–Crippen LogP) is 2.97. The minimum Gasteiger partial charge on any atom is -0.348 e. The van der Waals surface area contributed by atoms with Crippen LogP contribution in [0.4, 0.5) is 13.2 Å². The topological polar surface area (TPSA) is 67.8 Å². The Hall–Kier alpha value is -3.03. The second kappa shape index (κ2) is 6.23. The standard InChI is InChI=1S/C16H11F3N4O/c17-16(18,19)14-12(6-11-9-21-5-3-13(11)23-14)15(24)22-8-10-2-1-4-20-7-10/h1-7,9H,8H2,(H,22,24). The van der Waals surface area contributed by atoms with Gasteiger partial charge < -0.3 is 5.32 Å². The van der Waals surface area contributed by atoms with Crippen LogP contribution in [0.15, 0.2) is 49.1 Å². The smallest absolute Gasteiger partial charge is 0.348 e. The van der Waals surface area contributed by atoms with Crippen LogP contribution in [-0.4, -0.2) is 20.9 Å². The lowest BCUT2D eigenvalue weighted by molar-refractivity contribution is -0.141. The average Bonchev–Trinajstić information content (AvgIpc) is 2.58. The molecule has 0 aliphatic carbocycles. The second-order valence-electron chi connectivity index (χ2n) is 4.99. The number of nitrogens with one attached hydrogen (secondary N) is 1. The lowest BCUT2D eigenvalue weighted by atomic mass is 10.1. The lowest BCUT2D eigenvalue weighted by Crippen LogP contribution is -2.26. The Morgan fingerprint density at radius 2 is 1.92 bits per heavy atom. The first kappa shape index (κ1) is 15.9. The van der Waals surface area contributed by atoms with Crippen molar-refractivity contribution in [1.82, 2.24) is 20.3 Å². The van der Waals surface area contributed by atoms with Crippen molar-refractivity contribution in [3.63, 3.8) is 0 Å². The van der Waals surface area contributed by atoms with E-state index in [1.54, 1.807) is 18.3 Å². The third-order valence-corrected chi connectivity index (χ3v) is 3.30. The number of carbonyl (C=O) groups is 1. The number of alkyl halides is 3. The van der Waals surface area contributed by atoms with Gasteiger partial charge in [-0.25, -0.2) is 4.98 Å². The summed E-state index contributed by atoms with van der Waals surface area (Å²) in [6, 6.07) is 5.89. The molecule has 3 aromatic rings. The summed E-state index contributed by atoms with van der Waals surface area (Å²) in [5, 5.41) is 2.81. The molecule has 0 saturated heterocycles.